The van der Waals surface area contributed by atoms with Crippen LogP contribution in [0.2, 0.25) is 0 Å². The average molecular weight is 486 g/mol. The van der Waals surface area contributed by atoms with Gasteiger partial charge in [-0.15, -0.1) is 0 Å². The van der Waals surface area contributed by atoms with Crippen molar-refractivity contribution in [2.24, 2.45) is 5.92 Å². The monoisotopic (exact) mass is 486 g/mol. The van der Waals surface area contributed by atoms with Crippen LogP contribution in [0.15, 0.2) is 35.3 Å². The Morgan fingerprint density at radius 1 is 1.17 bits per heavy atom. The van der Waals surface area contributed by atoms with Gasteiger partial charge < -0.3 is 10.4 Å². The highest BCUT2D eigenvalue weighted by Crippen LogP contribution is 2.32. The lowest BCUT2D eigenvalue weighted by molar-refractivity contribution is -0.117. The van der Waals surface area contributed by atoms with Gasteiger partial charge in [0.1, 0.15) is 22.9 Å². The Morgan fingerprint density at radius 3 is 2.46 bits per heavy atom. The number of β-amino-alcohol motifs (C(OH)–C–C–N with tert-alkyl or cyclic N) is 1. The molecule has 0 radical (unpaired) electrons. The number of hydrogen-bond donors (Lipinski definition) is 2. The van der Waals surface area contributed by atoms with E-state index in [0.717, 1.165) is 23.6 Å². The fourth-order valence-electron chi connectivity index (χ4n) is 4.35. The number of carbonyl (C=O) groups is 2. The summed E-state index contributed by atoms with van der Waals surface area (Å²) in [7, 11) is 0. The van der Waals surface area contributed by atoms with Crippen molar-refractivity contribution in [1.29, 1.82) is 0 Å². The number of hydrogen-bond acceptors (Lipinski definition) is 5. The fraction of sp³-hybridized carbons (Fsp3) is 0.333. The molecule has 1 aromatic carbocycles. The summed E-state index contributed by atoms with van der Waals surface area (Å²) in [5.74, 6) is -4.47. The molecular weight excluding hydrogens is 465 g/mol. The van der Waals surface area contributed by atoms with E-state index in [1.54, 1.807) is 0 Å². The lowest BCUT2D eigenvalue weighted by Crippen LogP contribution is -2.37. The smallest absolute Gasteiger partial charge is 0.257 e. The first-order chi connectivity index (χ1) is 16.6. The Bertz CT molecular complexity index is 1410. The molecule has 5 rings (SSSR count). The van der Waals surface area contributed by atoms with Crippen LogP contribution in [0.3, 0.4) is 0 Å². The van der Waals surface area contributed by atoms with Crippen LogP contribution in [-0.4, -0.2) is 45.2 Å². The summed E-state index contributed by atoms with van der Waals surface area (Å²) in [5, 5.41) is 12.4. The van der Waals surface area contributed by atoms with Crippen LogP contribution < -0.4 is 15.6 Å². The third kappa shape index (κ3) is 4.16. The van der Waals surface area contributed by atoms with Crippen molar-refractivity contribution < 1.29 is 27.9 Å². The summed E-state index contributed by atoms with van der Waals surface area (Å²) < 4.78 is 44.1. The van der Waals surface area contributed by atoms with Gasteiger partial charge in [-0.3, -0.25) is 23.9 Å². The zero-order valence-electron chi connectivity index (χ0n) is 18.6. The minimum Gasteiger partial charge on any atom is -0.391 e. The maximum absolute atomic E-state index is 14.8. The number of pyridine rings is 2. The van der Waals surface area contributed by atoms with E-state index in [9.17, 15) is 32.7 Å². The van der Waals surface area contributed by atoms with Crippen LogP contribution in [0, 0.1) is 23.4 Å². The molecule has 3 aromatic rings. The molecule has 182 valence electrons. The Labute approximate surface area is 197 Å². The second kappa shape index (κ2) is 8.49. The van der Waals surface area contributed by atoms with E-state index < -0.39 is 46.5 Å². The largest absolute Gasteiger partial charge is 0.391 e. The van der Waals surface area contributed by atoms with Crippen molar-refractivity contribution in [2.45, 2.75) is 38.3 Å². The zero-order valence-corrected chi connectivity index (χ0v) is 18.6. The fourth-order valence-corrected chi connectivity index (χ4v) is 4.35. The molecule has 0 bridgehead atoms. The highest BCUT2D eigenvalue weighted by Gasteiger charge is 2.32. The quantitative estimate of drug-likeness (QED) is 0.577. The van der Waals surface area contributed by atoms with Crippen molar-refractivity contribution in [3.05, 3.63) is 63.7 Å². The van der Waals surface area contributed by atoms with Crippen molar-refractivity contribution in [3.8, 4) is 5.69 Å². The van der Waals surface area contributed by atoms with E-state index in [-0.39, 0.29) is 41.4 Å². The van der Waals surface area contributed by atoms with E-state index in [1.807, 2.05) is 6.92 Å². The molecule has 3 heterocycles. The minimum atomic E-state index is -1.27. The Hall–Kier alpha value is -3.73. The number of halogens is 3. The van der Waals surface area contributed by atoms with Crippen molar-refractivity contribution in [1.82, 2.24) is 14.9 Å². The second-order valence-electron chi connectivity index (χ2n) is 8.96. The lowest BCUT2D eigenvalue weighted by atomic mass is 10.1. The van der Waals surface area contributed by atoms with Gasteiger partial charge in [-0.05, 0) is 37.8 Å². The summed E-state index contributed by atoms with van der Waals surface area (Å²) in [6.07, 6.45) is 1.84. The predicted octanol–water partition coefficient (Wildman–Crippen LogP) is 2.43. The van der Waals surface area contributed by atoms with Gasteiger partial charge in [-0.25, -0.2) is 18.2 Å². The van der Waals surface area contributed by atoms with Crippen LogP contribution in [0.5, 0.6) is 0 Å². The van der Waals surface area contributed by atoms with Gasteiger partial charge >= 0.3 is 0 Å². The topological polar surface area (TPSA) is 105 Å². The number of benzene rings is 1. The maximum Gasteiger partial charge on any atom is 0.257 e. The number of aromatic nitrogens is 2. The lowest BCUT2D eigenvalue weighted by Gasteiger charge is -2.19. The Kier molecular flexibility index (Phi) is 5.59. The molecule has 2 amide bonds. The van der Waals surface area contributed by atoms with Gasteiger partial charge in [0, 0.05) is 24.4 Å². The van der Waals surface area contributed by atoms with E-state index in [4.69, 9.17) is 0 Å². The number of nitrogens with one attached hydrogen (secondary N) is 1. The molecule has 35 heavy (non-hydrogen) atoms. The first-order valence-corrected chi connectivity index (χ1v) is 11.1. The van der Waals surface area contributed by atoms with E-state index >= 15 is 0 Å². The third-order valence-corrected chi connectivity index (χ3v) is 6.37. The third-order valence-electron chi connectivity index (χ3n) is 6.37. The number of rotatable bonds is 5. The first-order valence-electron chi connectivity index (χ1n) is 11.1. The summed E-state index contributed by atoms with van der Waals surface area (Å²) in [6.45, 7) is 1.77. The highest BCUT2D eigenvalue weighted by atomic mass is 19.1. The molecule has 1 aliphatic carbocycles. The molecular formula is C24H21F3N4O4. The molecule has 2 fully saturated rings. The van der Waals surface area contributed by atoms with E-state index in [1.165, 1.54) is 17.0 Å². The molecule has 8 nitrogen and oxygen atoms in total. The number of anilines is 1. The van der Waals surface area contributed by atoms with Crippen LogP contribution in [0.1, 0.15) is 36.5 Å². The van der Waals surface area contributed by atoms with Gasteiger partial charge in [0.2, 0.25) is 11.3 Å². The number of aliphatic hydroxyl groups excluding tert-OH is 1. The SMILES string of the molecule is C[C@H](NC(=O)c1cn(-c2c(F)cc(F)cc2F)c2nc(N3C[C@@H](O)CC3=O)ccc2c1=O)C1CC1. The normalized spacial score (nSPS) is 18.8. The number of fused-ring (bicyclic) bond motifs is 1. The molecule has 2 aliphatic rings. The summed E-state index contributed by atoms with van der Waals surface area (Å²) >= 11 is 0. The summed E-state index contributed by atoms with van der Waals surface area (Å²) in [6, 6.07) is 3.41. The molecule has 2 aromatic heterocycles. The van der Waals surface area contributed by atoms with Gasteiger partial charge in [-0.2, -0.15) is 0 Å². The minimum absolute atomic E-state index is 0.0413. The van der Waals surface area contributed by atoms with Gasteiger partial charge in [0.05, 0.1) is 24.5 Å². The molecule has 1 saturated heterocycles. The Morgan fingerprint density at radius 2 is 1.86 bits per heavy atom. The zero-order chi connectivity index (χ0) is 25.0. The average Bonchev–Trinajstić information content (AvgIpc) is 3.58. The summed E-state index contributed by atoms with van der Waals surface area (Å²) in [5.41, 5.74) is -2.06. The molecule has 11 heteroatoms. The van der Waals surface area contributed by atoms with Crippen LogP contribution in [0.25, 0.3) is 16.7 Å². The second-order valence-corrected chi connectivity index (χ2v) is 8.96. The number of amides is 2. The van der Waals surface area contributed by atoms with Gasteiger partial charge in [-0.1, -0.05) is 0 Å². The molecule has 1 aliphatic heterocycles. The van der Waals surface area contributed by atoms with Crippen LogP contribution in [-0.2, 0) is 4.79 Å². The van der Waals surface area contributed by atoms with Gasteiger partial charge in [0.15, 0.2) is 17.3 Å². The van der Waals surface area contributed by atoms with E-state index in [0.29, 0.717) is 18.1 Å². The highest BCUT2D eigenvalue weighted by molar-refractivity contribution is 5.99. The first kappa shape index (κ1) is 23.0. The van der Waals surface area contributed by atoms with Gasteiger partial charge in [0.25, 0.3) is 5.91 Å². The van der Waals surface area contributed by atoms with Crippen LogP contribution >= 0.6 is 0 Å². The molecule has 0 spiro atoms. The standard InChI is InChI=1S/C24H21F3N4O4/c1-11(12-2-3-12)28-24(35)16-10-31(21-17(26)6-13(25)7-18(21)27)23-15(22(16)34)4-5-19(29-23)30-9-14(32)8-20(30)33/h4-7,10-12,14,32H,2-3,8-9H2,1H3,(H,28,35)/t11-,14-/m0/s1. The number of carbonyl (C=O) groups excluding carboxylic acids is 2. The number of aliphatic hydroxyl groups is 1. The number of nitrogens with zero attached hydrogens (tertiary/aromatic N) is 3. The summed E-state index contributed by atoms with van der Waals surface area (Å²) in [4.78, 5) is 43.9. The molecule has 2 atom stereocenters. The van der Waals surface area contributed by atoms with Crippen molar-refractivity contribution in [2.75, 3.05) is 11.4 Å². The molecule has 0 unspecified atom stereocenters. The predicted molar refractivity (Wildman–Crippen MR) is 120 cm³/mol. The van der Waals surface area contributed by atoms with E-state index in [2.05, 4.69) is 10.3 Å². The van der Waals surface area contributed by atoms with Crippen molar-refractivity contribution >= 4 is 28.7 Å². The maximum atomic E-state index is 14.8. The van der Waals surface area contributed by atoms with Crippen molar-refractivity contribution in [3.63, 3.8) is 0 Å². The molecule has 2 N–H and O–H groups in total. The molecule has 1 saturated carbocycles. The Balaban J connectivity index is 1.72. The van der Waals surface area contributed by atoms with Crippen LogP contribution in [0.4, 0.5) is 19.0 Å².